The van der Waals surface area contributed by atoms with Crippen LogP contribution in [0.4, 0.5) is 14.5 Å². The van der Waals surface area contributed by atoms with Gasteiger partial charge < -0.3 is 19.0 Å². The summed E-state index contributed by atoms with van der Waals surface area (Å²) in [7, 11) is -1.37. The maximum Gasteiger partial charge on any atom is 0.334 e. The van der Waals surface area contributed by atoms with Crippen molar-refractivity contribution in [3.63, 3.8) is 0 Å². The Kier molecular flexibility index (Phi) is 7.30. The molecule has 0 bridgehead atoms. The minimum atomic E-state index is -3.62. The molecule has 0 aliphatic heterocycles. The van der Waals surface area contributed by atoms with Gasteiger partial charge in [0.1, 0.15) is 18.2 Å². The van der Waals surface area contributed by atoms with Crippen molar-refractivity contribution in [2.45, 2.75) is 64.3 Å². The van der Waals surface area contributed by atoms with Crippen molar-refractivity contribution in [3.8, 4) is 0 Å². The Hall–Kier alpha value is -2.96. The molecule has 12 heteroatoms. The number of rotatable bonds is 10. The number of ether oxygens (including phenoxy) is 1. The third-order valence-corrected chi connectivity index (χ3v) is 7.39. The van der Waals surface area contributed by atoms with Crippen molar-refractivity contribution in [2.24, 2.45) is 0 Å². The van der Waals surface area contributed by atoms with Crippen molar-refractivity contribution in [1.29, 1.82) is 0 Å². The normalized spacial score (nSPS) is 12.9. The molecule has 0 saturated carbocycles. The Morgan fingerprint density at radius 3 is 2.49 bits per heavy atom. The van der Waals surface area contributed by atoms with Gasteiger partial charge in [-0.15, -0.1) is 0 Å². The highest BCUT2D eigenvalue weighted by atomic mass is 28.3. The summed E-state index contributed by atoms with van der Waals surface area (Å²) < 4.78 is 38.8. The molecular weight excluding hydrogens is 478 g/mol. The lowest BCUT2D eigenvalue weighted by molar-refractivity contribution is -0.386. The highest BCUT2D eigenvalue weighted by Gasteiger charge is 2.48. The monoisotopic (exact) mass is 508 g/mol. The molecule has 2 aromatic heterocycles. The van der Waals surface area contributed by atoms with E-state index in [1.807, 2.05) is 0 Å². The summed E-state index contributed by atoms with van der Waals surface area (Å²) in [5.74, 6) is -3.40. The predicted molar refractivity (Wildman–Crippen MR) is 130 cm³/mol. The molecule has 0 amide bonds. The van der Waals surface area contributed by atoms with Crippen LogP contribution in [0.25, 0.3) is 11.0 Å². The highest BCUT2D eigenvalue weighted by molar-refractivity contribution is 6.76. The van der Waals surface area contributed by atoms with Gasteiger partial charge in [-0.2, -0.15) is 8.78 Å². The van der Waals surface area contributed by atoms with Crippen LogP contribution < -0.4 is 5.56 Å². The molecule has 3 rings (SSSR count). The van der Waals surface area contributed by atoms with Crippen LogP contribution in [-0.2, 0) is 23.9 Å². The van der Waals surface area contributed by atoms with Crippen molar-refractivity contribution in [2.75, 3.05) is 6.61 Å². The second-order valence-corrected chi connectivity index (χ2v) is 15.8. The first-order valence-corrected chi connectivity index (χ1v) is 14.8. The van der Waals surface area contributed by atoms with Gasteiger partial charge in [-0.05, 0) is 32.0 Å². The van der Waals surface area contributed by atoms with Gasteiger partial charge in [-0.1, -0.05) is 31.8 Å². The van der Waals surface area contributed by atoms with Crippen LogP contribution in [0.2, 0.25) is 25.7 Å². The minimum Gasteiger partial charge on any atom is -0.384 e. The zero-order valence-electron chi connectivity index (χ0n) is 20.4. The van der Waals surface area contributed by atoms with E-state index in [4.69, 9.17) is 4.74 Å². The van der Waals surface area contributed by atoms with E-state index in [2.05, 4.69) is 24.6 Å². The van der Waals surface area contributed by atoms with Gasteiger partial charge in [0.15, 0.2) is 0 Å². The summed E-state index contributed by atoms with van der Waals surface area (Å²) in [4.78, 5) is 27.4. The number of alkyl halides is 2. The number of fused-ring (bicyclic) bond motifs is 1. The summed E-state index contributed by atoms with van der Waals surface area (Å²) in [6.07, 6.45) is 1.37. The topological polar surface area (TPSA) is 112 Å². The molecule has 2 heterocycles. The smallest absolute Gasteiger partial charge is 0.334 e. The second kappa shape index (κ2) is 9.59. The first-order valence-electron chi connectivity index (χ1n) is 11.1. The molecule has 0 radical (unpaired) electrons. The molecule has 0 aliphatic rings. The maximum absolute atomic E-state index is 15.1. The number of pyridine rings is 1. The standard InChI is InChI=1S/C23H30F2N4O5Si/c1-22(2,31)23(24,25)16-8-6-9-17-20(16)26-19(28(17)15-34-12-13-35(3,4)5)14-27-11-7-10-18(21(27)30)29(32)33/h6-11,31H,12-15H2,1-5H3. The van der Waals surface area contributed by atoms with Crippen molar-refractivity contribution in [1.82, 2.24) is 14.1 Å². The number of hydrogen-bond acceptors (Lipinski definition) is 6. The first kappa shape index (κ1) is 26.6. The van der Waals surface area contributed by atoms with E-state index in [-0.39, 0.29) is 24.6 Å². The summed E-state index contributed by atoms with van der Waals surface area (Å²) in [5, 5.41) is 21.3. The van der Waals surface area contributed by atoms with E-state index >= 15 is 8.78 Å². The first-order chi connectivity index (χ1) is 16.1. The molecule has 0 saturated heterocycles. The average Bonchev–Trinajstić information content (AvgIpc) is 3.08. The molecule has 1 aromatic carbocycles. The summed E-state index contributed by atoms with van der Waals surface area (Å²) >= 11 is 0. The zero-order chi connectivity index (χ0) is 26.2. The molecule has 35 heavy (non-hydrogen) atoms. The molecule has 0 atom stereocenters. The Morgan fingerprint density at radius 1 is 1.20 bits per heavy atom. The van der Waals surface area contributed by atoms with Gasteiger partial charge >= 0.3 is 17.2 Å². The van der Waals surface area contributed by atoms with Gasteiger partial charge in [0.2, 0.25) is 0 Å². The van der Waals surface area contributed by atoms with E-state index in [1.54, 1.807) is 10.6 Å². The molecule has 0 aliphatic carbocycles. The number of imidazole rings is 1. The van der Waals surface area contributed by atoms with Gasteiger partial charge in [-0.25, -0.2) is 4.98 Å². The molecule has 3 aromatic rings. The van der Waals surface area contributed by atoms with Crippen LogP contribution in [0.1, 0.15) is 25.2 Å². The van der Waals surface area contributed by atoms with Crippen LogP contribution in [0.3, 0.4) is 0 Å². The van der Waals surface area contributed by atoms with Gasteiger partial charge in [0, 0.05) is 26.9 Å². The van der Waals surface area contributed by atoms with Crippen molar-refractivity contribution >= 4 is 24.8 Å². The number of hydrogen-bond donors (Lipinski definition) is 1. The van der Waals surface area contributed by atoms with E-state index in [0.717, 1.165) is 30.5 Å². The van der Waals surface area contributed by atoms with E-state index in [0.29, 0.717) is 12.1 Å². The van der Waals surface area contributed by atoms with Gasteiger partial charge in [-0.3, -0.25) is 14.9 Å². The van der Waals surface area contributed by atoms with Crippen LogP contribution in [0.5, 0.6) is 0 Å². The molecular formula is C23H30F2N4O5Si. The Labute approximate surface area is 202 Å². The number of para-hydroxylation sites is 1. The lowest BCUT2D eigenvalue weighted by Gasteiger charge is -2.29. The molecule has 9 nitrogen and oxygen atoms in total. The molecule has 190 valence electrons. The van der Waals surface area contributed by atoms with Gasteiger partial charge in [0.05, 0.1) is 28.1 Å². The SMILES string of the molecule is CC(C)(O)C(F)(F)c1cccc2c1nc(Cn1cccc([N+](=O)[O-])c1=O)n2COCC[Si](C)(C)C. The molecule has 0 unspecified atom stereocenters. The minimum absolute atomic E-state index is 0.00245. The Bertz CT molecular complexity index is 1290. The fraction of sp³-hybridized carbons (Fsp3) is 0.478. The molecule has 1 N–H and O–H groups in total. The van der Waals surface area contributed by atoms with Crippen molar-refractivity contribution < 1.29 is 23.5 Å². The second-order valence-electron chi connectivity index (χ2n) is 10.2. The van der Waals surface area contributed by atoms with Crippen LogP contribution in [-0.4, -0.2) is 44.4 Å². The molecule has 0 spiro atoms. The predicted octanol–water partition coefficient (Wildman–Crippen LogP) is 4.33. The summed E-state index contributed by atoms with van der Waals surface area (Å²) in [6.45, 7) is 8.91. The van der Waals surface area contributed by atoms with E-state index < -0.39 is 41.3 Å². The van der Waals surface area contributed by atoms with Crippen LogP contribution in [0.15, 0.2) is 41.3 Å². The quantitative estimate of drug-likeness (QED) is 0.189. The average molecular weight is 509 g/mol. The molecule has 0 fully saturated rings. The van der Waals surface area contributed by atoms with E-state index in [1.165, 1.54) is 24.4 Å². The number of nitro groups is 1. The number of benzene rings is 1. The van der Waals surface area contributed by atoms with Crippen LogP contribution >= 0.6 is 0 Å². The Morgan fingerprint density at radius 2 is 1.89 bits per heavy atom. The maximum atomic E-state index is 15.1. The number of halogens is 2. The number of nitrogens with zero attached hydrogens (tertiary/aromatic N) is 4. The van der Waals surface area contributed by atoms with Crippen molar-refractivity contribution in [3.05, 3.63) is 68.4 Å². The van der Waals surface area contributed by atoms with E-state index in [9.17, 15) is 20.0 Å². The third kappa shape index (κ3) is 5.65. The number of aliphatic hydroxyl groups is 1. The fourth-order valence-corrected chi connectivity index (χ4v) is 4.27. The third-order valence-electron chi connectivity index (χ3n) is 5.69. The number of aromatic nitrogens is 3. The highest BCUT2D eigenvalue weighted by Crippen LogP contribution is 2.41. The summed E-state index contributed by atoms with van der Waals surface area (Å²) in [6, 6.07) is 7.61. The lowest BCUT2D eigenvalue weighted by atomic mass is 9.92. The summed E-state index contributed by atoms with van der Waals surface area (Å²) in [5.41, 5.74) is -3.95. The lowest BCUT2D eigenvalue weighted by Crippen LogP contribution is -2.40. The zero-order valence-corrected chi connectivity index (χ0v) is 21.4. The largest absolute Gasteiger partial charge is 0.384 e. The Balaban J connectivity index is 2.12. The van der Waals surface area contributed by atoms with Gasteiger partial charge in [0.25, 0.3) is 0 Å². The van der Waals surface area contributed by atoms with Crippen LogP contribution in [0, 0.1) is 10.1 Å². The fourth-order valence-electron chi connectivity index (χ4n) is 3.52.